The third kappa shape index (κ3) is 2.67. The van der Waals surface area contributed by atoms with Gasteiger partial charge in [-0.2, -0.15) is 0 Å². The first kappa shape index (κ1) is 13.7. The second kappa shape index (κ2) is 4.76. The van der Waals surface area contributed by atoms with Crippen molar-refractivity contribution in [3.05, 3.63) is 23.8 Å². The Morgan fingerprint density at radius 2 is 2.00 bits per heavy atom. The van der Waals surface area contributed by atoms with Crippen LogP contribution < -0.4 is 9.64 Å². The third-order valence-electron chi connectivity index (χ3n) is 3.88. The zero-order valence-corrected chi connectivity index (χ0v) is 11.9. The Hall–Kier alpha value is -1.71. The fourth-order valence-corrected chi connectivity index (χ4v) is 2.31. The molecule has 1 heterocycles. The molecule has 0 radical (unpaired) electrons. The van der Waals surface area contributed by atoms with Crippen LogP contribution in [0.2, 0.25) is 0 Å². The first-order valence-corrected chi connectivity index (χ1v) is 6.49. The molecule has 0 bridgehead atoms. The highest BCUT2D eigenvalue weighted by Crippen LogP contribution is 2.38. The highest BCUT2D eigenvalue weighted by molar-refractivity contribution is 5.95. The molecular weight excluding hydrogens is 242 g/mol. The van der Waals surface area contributed by atoms with E-state index in [4.69, 9.17) is 4.74 Å². The number of hydrogen-bond acceptors (Lipinski definition) is 3. The molecule has 0 atom stereocenters. The van der Waals surface area contributed by atoms with E-state index in [0.717, 1.165) is 18.8 Å². The number of carboxylic acid groups (broad SMARTS) is 1. The van der Waals surface area contributed by atoms with Crippen LogP contribution in [0.1, 0.15) is 31.1 Å². The van der Waals surface area contributed by atoms with E-state index in [-0.39, 0.29) is 5.41 Å². The average Bonchev–Trinajstić information content (AvgIpc) is 2.25. The molecule has 0 aliphatic carbocycles. The minimum Gasteiger partial charge on any atom is -0.497 e. The van der Waals surface area contributed by atoms with Gasteiger partial charge in [0.2, 0.25) is 0 Å². The molecule has 4 heteroatoms. The molecule has 2 rings (SSSR count). The van der Waals surface area contributed by atoms with Crippen LogP contribution in [-0.4, -0.2) is 31.3 Å². The molecule has 1 fully saturated rings. The Kier molecular flexibility index (Phi) is 3.43. The van der Waals surface area contributed by atoms with Crippen molar-refractivity contribution in [2.24, 2.45) is 11.3 Å². The van der Waals surface area contributed by atoms with Crippen molar-refractivity contribution >= 4 is 11.7 Å². The van der Waals surface area contributed by atoms with Crippen LogP contribution in [0.4, 0.5) is 5.69 Å². The largest absolute Gasteiger partial charge is 0.497 e. The van der Waals surface area contributed by atoms with E-state index in [9.17, 15) is 9.90 Å². The van der Waals surface area contributed by atoms with E-state index in [1.807, 2.05) is 12.1 Å². The van der Waals surface area contributed by atoms with Crippen LogP contribution in [-0.2, 0) is 0 Å². The maximum Gasteiger partial charge on any atom is 0.337 e. The first-order chi connectivity index (χ1) is 8.82. The molecule has 1 saturated heterocycles. The summed E-state index contributed by atoms with van der Waals surface area (Å²) in [5.74, 6) is 0.276. The van der Waals surface area contributed by atoms with Crippen molar-refractivity contribution in [1.82, 2.24) is 0 Å². The molecule has 0 amide bonds. The summed E-state index contributed by atoms with van der Waals surface area (Å²) in [5, 5.41) is 9.30. The van der Waals surface area contributed by atoms with Crippen LogP contribution in [0, 0.1) is 11.3 Å². The molecule has 1 N–H and O–H groups in total. The van der Waals surface area contributed by atoms with Crippen LogP contribution in [0.25, 0.3) is 0 Å². The summed E-state index contributed by atoms with van der Waals surface area (Å²) in [7, 11) is 1.54. The van der Waals surface area contributed by atoms with E-state index >= 15 is 0 Å². The second-order valence-electron chi connectivity index (χ2n) is 6.16. The number of benzene rings is 1. The van der Waals surface area contributed by atoms with E-state index in [1.54, 1.807) is 13.2 Å². The highest BCUT2D eigenvalue weighted by atomic mass is 16.5. The summed E-state index contributed by atoms with van der Waals surface area (Å²) in [4.78, 5) is 13.5. The van der Waals surface area contributed by atoms with E-state index in [2.05, 4.69) is 25.7 Å². The molecular formula is C15H21NO3. The lowest BCUT2D eigenvalue weighted by Crippen LogP contribution is -2.52. The summed E-state index contributed by atoms with van der Waals surface area (Å²) in [5.41, 5.74) is 1.37. The predicted molar refractivity (Wildman–Crippen MR) is 75.1 cm³/mol. The summed E-state index contributed by atoms with van der Waals surface area (Å²) in [6.45, 7) is 8.50. The zero-order valence-electron chi connectivity index (χ0n) is 11.9. The van der Waals surface area contributed by atoms with Gasteiger partial charge < -0.3 is 14.7 Å². The van der Waals surface area contributed by atoms with Gasteiger partial charge in [-0.05, 0) is 29.5 Å². The van der Waals surface area contributed by atoms with Gasteiger partial charge >= 0.3 is 5.97 Å². The highest BCUT2D eigenvalue weighted by Gasteiger charge is 2.37. The van der Waals surface area contributed by atoms with Crippen molar-refractivity contribution in [2.75, 3.05) is 25.1 Å². The fraction of sp³-hybridized carbons (Fsp3) is 0.533. The first-order valence-electron chi connectivity index (χ1n) is 6.49. The van der Waals surface area contributed by atoms with Crippen LogP contribution in [0.3, 0.4) is 0 Å². The minimum absolute atomic E-state index is 0.270. The Balaban J connectivity index is 2.20. The Morgan fingerprint density at radius 1 is 1.37 bits per heavy atom. The molecule has 0 spiro atoms. The standard InChI is InChI=1S/C15H21NO3/c1-15(2,3)10-8-16(9-10)13-6-5-11(19-4)7-12(13)14(17)18/h5-7,10H,8-9H2,1-4H3,(H,17,18). The molecule has 0 unspecified atom stereocenters. The number of carbonyl (C=O) groups is 1. The van der Waals surface area contributed by atoms with Crippen molar-refractivity contribution < 1.29 is 14.6 Å². The van der Waals surface area contributed by atoms with Crippen LogP contribution in [0.5, 0.6) is 5.75 Å². The number of aromatic carboxylic acids is 1. The van der Waals surface area contributed by atoms with Crippen molar-refractivity contribution in [2.45, 2.75) is 20.8 Å². The number of methoxy groups -OCH3 is 1. The summed E-state index contributed by atoms with van der Waals surface area (Å²) in [6, 6.07) is 5.23. The molecule has 104 valence electrons. The van der Waals surface area contributed by atoms with Gasteiger partial charge in [0.05, 0.1) is 18.4 Å². The van der Waals surface area contributed by atoms with Gasteiger partial charge in [-0.15, -0.1) is 0 Å². The van der Waals surface area contributed by atoms with Gasteiger partial charge in [0.25, 0.3) is 0 Å². The van der Waals surface area contributed by atoms with Gasteiger partial charge in [-0.1, -0.05) is 20.8 Å². The lowest BCUT2D eigenvalue weighted by Gasteiger charge is -2.48. The number of hydrogen-bond donors (Lipinski definition) is 1. The quantitative estimate of drug-likeness (QED) is 0.911. The van der Waals surface area contributed by atoms with Gasteiger partial charge in [0, 0.05) is 13.1 Å². The maximum absolute atomic E-state index is 11.3. The SMILES string of the molecule is COc1ccc(N2CC(C(C)(C)C)C2)c(C(=O)O)c1. The summed E-state index contributed by atoms with van der Waals surface area (Å²) >= 11 is 0. The molecule has 1 aromatic carbocycles. The Labute approximate surface area is 114 Å². The third-order valence-corrected chi connectivity index (χ3v) is 3.88. The molecule has 1 aromatic rings. The zero-order chi connectivity index (χ0) is 14.2. The second-order valence-corrected chi connectivity index (χ2v) is 6.16. The molecule has 1 aliphatic rings. The number of nitrogens with zero attached hydrogens (tertiary/aromatic N) is 1. The van der Waals surface area contributed by atoms with Crippen molar-refractivity contribution in [1.29, 1.82) is 0 Å². The summed E-state index contributed by atoms with van der Waals surface area (Å²) < 4.78 is 5.08. The molecule has 19 heavy (non-hydrogen) atoms. The minimum atomic E-state index is -0.909. The van der Waals surface area contributed by atoms with Crippen molar-refractivity contribution in [3.8, 4) is 5.75 Å². The lowest BCUT2D eigenvalue weighted by atomic mass is 9.75. The number of rotatable bonds is 3. The maximum atomic E-state index is 11.3. The predicted octanol–water partition coefficient (Wildman–Crippen LogP) is 2.88. The Bertz CT molecular complexity index is 485. The van der Waals surface area contributed by atoms with Gasteiger partial charge in [-0.25, -0.2) is 4.79 Å². The summed E-state index contributed by atoms with van der Waals surface area (Å²) in [6.07, 6.45) is 0. The molecule has 1 aliphatic heterocycles. The van der Waals surface area contributed by atoms with Gasteiger partial charge in [0.15, 0.2) is 0 Å². The normalized spacial score (nSPS) is 16.1. The van der Waals surface area contributed by atoms with E-state index < -0.39 is 5.97 Å². The molecule has 0 saturated carbocycles. The number of ether oxygens (including phenoxy) is 1. The van der Waals surface area contributed by atoms with Crippen LogP contribution in [0.15, 0.2) is 18.2 Å². The van der Waals surface area contributed by atoms with E-state index in [0.29, 0.717) is 17.2 Å². The topological polar surface area (TPSA) is 49.8 Å². The molecule has 4 nitrogen and oxygen atoms in total. The van der Waals surface area contributed by atoms with E-state index in [1.165, 1.54) is 0 Å². The fourth-order valence-electron chi connectivity index (χ4n) is 2.31. The molecule has 0 aromatic heterocycles. The monoisotopic (exact) mass is 263 g/mol. The lowest BCUT2D eigenvalue weighted by molar-refractivity contribution is 0.0696. The number of anilines is 1. The average molecular weight is 263 g/mol. The number of carboxylic acids is 1. The smallest absolute Gasteiger partial charge is 0.337 e. The Morgan fingerprint density at radius 3 is 2.47 bits per heavy atom. The van der Waals surface area contributed by atoms with Crippen molar-refractivity contribution in [3.63, 3.8) is 0 Å². The van der Waals surface area contributed by atoms with Gasteiger partial charge in [0.1, 0.15) is 5.75 Å². The van der Waals surface area contributed by atoms with Crippen LogP contribution >= 0.6 is 0 Å². The van der Waals surface area contributed by atoms with Gasteiger partial charge in [-0.3, -0.25) is 0 Å².